The zero-order valence-corrected chi connectivity index (χ0v) is 10.3. The fraction of sp³-hybridized carbons (Fsp3) is 0.545. The van der Waals surface area contributed by atoms with Gasteiger partial charge in [0.25, 0.3) is 0 Å². The van der Waals surface area contributed by atoms with Crippen molar-refractivity contribution in [2.75, 3.05) is 37.4 Å². The summed E-state index contributed by atoms with van der Waals surface area (Å²) in [7, 11) is 1.53. The molecule has 1 rings (SSSR count). The number of pyridine rings is 1. The fourth-order valence-electron chi connectivity index (χ4n) is 1.53. The van der Waals surface area contributed by atoms with Crippen LogP contribution in [0.3, 0.4) is 0 Å². The number of anilines is 2. The minimum Gasteiger partial charge on any atom is -0.396 e. The monoisotopic (exact) mass is 263 g/mol. The van der Waals surface area contributed by atoms with Gasteiger partial charge in [-0.25, -0.2) is 4.98 Å². The van der Waals surface area contributed by atoms with Crippen LogP contribution < -0.4 is 10.6 Å². The smallest absolute Gasteiger partial charge is 0.396 e. The van der Waals surface area contributed by atoms with Crippen LogP contribution in [0.1, 0.15) is 12.6 Å². The number of likely N-dealkylation sites (N-methyl/N-ethyl adjacent to an activating group) is 1. The Hall–Kier alpha value is -1.50. The molecule has 4 nitrogen and oxygen atoms in total. The highest BCUT2D eigenvalue weighted by Gasteiger charge is 2.33. The van der Waals surface area contributed by atoms with E-state index in [1.165, 1.54) is 7.11 Å². The first-order valence-corrected chi connectivity index (χ1v) is 5.46. The number of nitrogens with two attached hydrogens (primary N) is 1. The summed E-state index contributed by atoms with van der Waals surface area (Å²) in [5.41, 5.74) is 5.28. The molecular weight excluding hydrogens is 247 g/mol. The molecular formula is C11H16F3N3O. The van der Waals surface area contributed by atoms with E-state index in [0.29, 0.717) is 25.4 Å². The van der Waals surface area contributed by atoms with Gasteiger partial charge in [0, 0.05) is 20.2 Å². The summed E-state index contributed by atoms with van der Waals surface area (Å²) in [5.74, 6) is 0. The maximum Gasteiger partial charge on any atom is 0.433 e. The first-order valence-electron chi connectivity index (χ1n) is 5.46. The normalized spacial score (nSPS) is 11.6. The summed E-state index contributed by atoms with van der Waals surface area (Å²) in [6.45, 7) is 3.26. The van der Waals surface area contributed by atoms with Gasteiger partial charge in [0.15, 0.2) is 0 Å². The minimum atomic E-state index is -4.47. The van der Waals surface area contributed by atoms with E-state index < -0.39 is 11.9 Å². The second-order valence-corrected chi connectivity index (χ2v) is 3.70. The summed E-state index contributed by atoms with van der Waals surface area (Å²) in [6.07, 6.45) is -3.43. The van der Waals surface area contributed by atoms with E-state index in [1.807, 2.05) is 6.92 Å². The largest absolute Gasteiger partial charge is 0.433 e. The third kappa shape index (κ3) is 3.49. The molecule has 2 N–H and O–H groups in total. The minimum absolute atomic E-state index is 0.223. The van der Waals surface area contributed by atoms with E-state index >= 15 is 0 Å². The summed E-state index contributed by atoms with van der Waals surface area (Å²) >= 11 is 0. The van der Waals surface area contributed by atoms with Crippen molar-refractivity contribution >= 4 is 11.4 Å². The zero-order chi connectivity index (χ0) is 13.8. The number of halogens is 3. The van der Waals surface area contributed by atoms with Gasteiger partial charge in [0.1, 0.15) is 5.69 Å². The number of aromatic nitrogens is 1. The molecule has 0 saturated carbocycles. The Morgan fingerprint density at radius 2 is 2.11 bits per heavy atom. The third-order valence-corrected chi connectivity index (χ3v) is 2.49. The number of hydrogen-bond acceptors (Lipinski definition) is 4. The molecule has 0 unspecified atom stereocenters. The maximum absolute atomic E-state index is 12.6. The van der Waals surface area contributed by atoms with Crippen molar-refractivity contribution in [2.24, 2.45) is 0 Å². The molecule has 18 heavy (non-hydrogen) atoms. The Morgan fingerprint density at radius 3 is 2.61 bits per heavy atom. The van der Waals surface area contributed by atoms with Crippen LogP contribution in [0.15, 0.2) is 12.3 Å². The van der Waals surface area contributed by atoms with Crippen molar-refractivity contribution in [1.29, 1.82) is 0 Å². The molecule has 7 heteroatoms. The van der Waals surface area contributed by atoms with Crippen molar-refractivity contribution in [3.05, 3.63) is 18.0 Å². The van der Waals surface area contributed by atoms with Gasteiger partial charge in [-0.15, -0.1) is 0 Å². The van der Waals surface area contributed by atoms with Crippen LogP contribution in [0.5, 0.6) is 0 Å². The summed E-state index contributed by atoms with van der Waals surface area (Å²) in [4.78, 5) is 5.02. The van der Waals surface area contributed by atoms with Gasteiger partial charge in [-0.2, -0.15) is 13.2 Å². The average Bonchev–Trinajstić information content (AvgIpc) is 2.30. The fourth-order valence-corrected chi connectivity index (χ4v) is 1.53. The van der Waals surface area contributed by atoms with Crippen LogP contribution in [-0.4, -0.2) is 31.8 Å². The van der Waals surface area contributed by atoms with E-state index in [4.69, 9.17) is 10.5 Å². The lowest BCUT2D eigenvalue weighted by molar-refractivity contribution is -0.141. The van der Waals surface area contributed by atoms with Crippen LogP contribution in [-0.2, 0) is 10.9 Å². The summed E-state index contributed by atoms with van der Waals surface area (Å²) in [6, 6.07) is 0.967. The molecule has 0 saturated heterocycles. The van der Waals surface area contributed by atoms with Gasteiger partial charge in [-0.05, 0) is 13.0 Å². The van der Waals surface area contributed by atoms with Crippen LogP contribution in [0.25, 0.3) is 0 Å². The number of nitrogens with zero attached hydrogens (tertiary/aromatic N) is 2. The van der Waals surface area contributed by atoms with E-state index in [-0.39, 0.29) is 5.69 Å². The number of methoxy groups -OCH3 is 1. The van der Waals surface area contributed by atoms with Gasteiger partial charge < -0.3 is 15.4 Å². The lowest BCUT2D eigenvalue weighted by Gasteiger charge is -2.24. The molecule has 0 radical (unpaired) electrons. The van der Waals surface area contributed by atoms with Crippen molar-refractivity contribution in [3.63, 3.8) is 0 Å². The SMILES string of the molecule is CCN(CCOC)c1cc(C(F)(F)F)ncc1N. The lowest BCUT2D eigenvalue weighted by atomic mass is 10.2. The van der Waals surface area contributed by atoms with Crippen molar-refractivity contribution in [2.45, 2.75) is 13.1 Å². The van der Waals surface area contributed by atoms with E-state index in [1.54, 1.807) is 4.90 Å². The molecule has 0 aliphatic carbocycles. The van der Waals surface area contributed by atoms with Crippen LogP contribution in [0.2, 0.25) is 0 Å². The van der Waals surface area contributed by atoms with Gasteiger partial charge in [0.2, 0.25) is 0 Å². The first-order chi connectivity index (χ1) is 8.40. The molecule has 0 spiro atoms. The molecule has 102 valence electrons. The number of alkyl halides is 3. The highest BCUT2D eigenvalue weighted by Crippen LogP contribution is 2.32. The summed E-state index contributed by atoms with van der Waals surface area (Å²) in [5, 5.41) is 0. The second-order valence-electron chi connectivity index (χ2n) is 3.70. The quantitative estimate of drug-likeness (QED) is 0.884. The Kier molecular flexibility index (Phi) is 4.77. The van der Waals surface area contributed by atoms with Gasteiger partial charge >= 0.3 is 6.18 Å². The molecule has 0 aromatic carbocycles. The molecule has 0 fully saturated rings. The highest BCUT2D eigenvalue weighted by molar-refractivity contribution is 5.67. The summed E-state index contributed by atoms with van der Waals surface area (Å²) < 4.78 is 42.6. The Labute approximate surface area is 104 Å². The Morgan fingerprint density at radius 1 is 1.44 bits per heavy atom. The predicted octanol–water partition coefficient (Wildman–Crippen LogP) is 2.16. The average molecular weight is 263 g/mol. The van der Waals surface area contributed by atoms with E-state index in [0.717, 1.165) is 12.3 Å². The van der Waals surface area contributed by atoms with E-state index in [9.17, 15) is 13.2 Å². The number of ether oxygens (including phenoxy) is 1. The topological polar surface area (TPSA) is 51.4 Å². The highest BCUT2D eigenvalue weighted by atomic mass is 19.4. The van der Waals surface area contributed by atoms with Crippen molar-refractivity contribution in [1.82, 2.24) is 4.98 Å². The standard InChI is InChI=1S/C11H16F3N3O/c1-3-17(4-5-18-2)9-6-10(11(12,13)14)16-7-8(9)15/h6-7H,3-5,15H2,1-2H3. The molecule has 0 atom stereocenters. The second kappa shape index (κ2) is 5.90. The molecule has 0 bridgehead atoms. The van der Waals surface area contributed by atoms with Gasteiger partial charge in [-0.3, -0.25) is 0 Å². The molecule has 0 aliphatic rings. The van der Waals surface area contributed by atoms with Crippen LogP contribution in [0, 0.1) is 0 Å². The van der Waals surface area contributed by atoms with Crippen molar-refractivity contribution < 1.29 is 17.9 Å². The Bertz CT molecular complexity index is 396. The number of rotatable bonds is 5. The zero-order valence-electron chi connectivity index (χ0n) is 10.3. The van der Waals surface area contributed by atoms with Gasteiger partial charge in [-0.1, -0.05) is 0 Å². The van der Waals surface area contributed by atoms with Gasteiger partial charge in [0.05, 0.1) is 24.2 Å². The van der Waals surface area contributed by atoms with Crippen molar-refractivity contribution in [3.8, 4) is 0 Å². The molecule has 1 aromatic rings. The Balaban J connectivity index is 3.05. The maximum atomic E-state index is 12.6. The molecule has 1 aromatic heterocycles. The third-order valence-electron chi connectivity index (χ3n) is 2.49. The molecule has 0 amide bonds. The number of hydrogen-bond donors (Lipinski definition) is 1. The molecule has 0 aliphatic heterocycles. The molecule has 1 heterocycles. The first kappa shape index (κ1) is 14.6. The van der Waals surface area contributed by atoms with Crippen LogP contribution in [0.4, 0.5) is 24.5 Å². The van der Waals surface area contributed by atoms with E-state index in [2.05, 4.69) is 4.98 Å². The predicted molar refractivity (Wildman–Crippen MR) is 63.4 cm³/mol. The number of nitrogen functional groups attached to an aromatic ring is 1. The van der Waals surface area contributed by atoms with Crippen LogP contribution >= 0.6 is 0 Å². The lowest BCUT2D eigenvalue weighted by Crippen LogP contribution is -2.28.